The van der Waals surface area contributed by atoms with E-state index in [-0.39, 0.29) is 17.3 Å². The van der Waals surface area contributed by atoms with Crippen LogP contribution in [0.2, 0.25) is 0 Å². The maximum atomic E-state index is 13.1. The molecule has 0 aliphatic rings. The molecule has 26 heavy (non-hydrogen) atoms. The molecule has 138 valence electrons. The molecular formula is C19H22N2O4S. The summed E-state index contributed by atoms with van der Waals surface area (Å²) in [7, 11) is -3.83. The van der Waals surface area contributed by atoms with E-state index in [4.69, 9.17) is 4.74 Å². The van der Waals surface area contributed by atoms with Gasteiger partial charge in [0.1, 0.15) is 5.75 Å². The van der Waals surface area contributed by atoms with Gasteiger partial charge in [0.15, 0.2) is 0 Å². The minimum atomic E-state index is -3.83. The summed E-state index contributed by atoms with van der Waals surface area (Å²) in [5.74, 6) is 0.259. The highest BCUT2D eigenvalue weighted by atomic mass is 32.2. The third-order valence-corrected chi connectivity index (χ3v) is 5.29. The summed E-state index contributed by atoms with van der Waals surface area (Å²) in [6.45, 7) is 7.41. The first kappa shape index (κ1) is 19.5. The van der Waals surface area contributed by atoms with Gasteiger partial charge in [0.2, 0.25) is 5.91 Å². The number of carbonyl (C=O) groups is 1. The molecule has 6 nitrogen and oxygen atoms in total. The van der Waals surface area contributed by atoms with Gasteiger partial charge in [-0.25, -0.2) is 8.42 Å². The Morgan fingerprint density at radius 1 is 1.19 bits per heavy atom. The van der Waals surface area contributed by atoms with Gasteiger partial charge < -0.3 is 10.1 Å². The van der Waals surface area contributed by atoms with E-state index in [1.54, 1.807) is 36.4 Å². The van der Waals surface area contributed by atoms with Crippen molar-refractivity contribution in [3.63, 3.8) is 0 Å². The summed E-state index contributed by atoms with van der Waals surface area (Å²) < 4.78 is 33.1. The first-order chi connectivity index (χ1) is 12.4. The number of carbonyl (C=O) groups excluding carboxylic acids is 1. The second-order valence-corrected chi connectivity index (χ2v) is 7.29. The SMILES string of the molecule is C=CCN(c1ccccc1OCC)S(=O)(=O)c1ccc(NC(C)=O)cc1. The van der Waals surface area contributed by atoms with Gasteiger partial charge in [0, 0.05) is 12.6 Å². The predicted octanol–water partition coefficient (Wildman–Crippen LogP) is 3.43. The average Bonchev–Trinajstić information content (AvgIpc) is 2.60. The number of para-hydroxylation sites is 2. The van der Waals surface area contributed by atoms with Crippen molar-refractivity contribution in [2.24, 2.45) is 0 Å². The molecule has 7 heteroatoms. The molecule has 0 aromatic heterocycles. The molecule has 0 heterocycles. The van der Waals surface area contributed by atoms with Crippen LogP contribution in [0, 0.1) is 0 Å². The van der Waals surface area contributed by atoms with Crippen LogP contribution in [0.1, 0.15) is 13.8 Å². The van der Waals surface area contributed by atoms with Crippen LogP contribution in [0.5, 0.6) is 5.75 Å². The molecule has 0 spiro atoms. The van der Waals surface area contributed by atoms with Crippen LogP contribution in [-0.4, -0.2) is 27.5 Å². The summed E-state index contributed by atoms with van der Waals surface area (Å²) in [6.07, 6.45) is 1.52. The lowest BCUT2D eigenvalue weighted by molar-refractivity contribution is -0.114. The fourth-order valence-corrected chi connectivity index (χ4v) is 3.87. The van der Waals surface area contributed by atoms with E-state index >= 15 is 0 Å². The molecule has 2 aromatic carbocycles. The Balaban J connectivity index is 2.45. The third-order valence-electron chi connectivity index (χ3n) is 3.49. The van der Waals surface area contributed by atoms with E-state index < -0.39 is 10.0 Å². The number of hydrogen-bond donors (Lipinski definition) is 1. The molecule has 0 fully saturated rings. The van der Waals surface area contributed by atoms with Crippen molar-refractivity contribution in [1.82, 2.24) is 0 Å². The Morgan fingerprint density at radius 2 is 1.85 bits per heavy atom. The van der Waals surface area contributed by atoms with Crippen LogP contribution in [0.4, 0.5) is 11.4 Å². The number of nitrogens with zero attached hydrogens (tertiary/aromatic N) is 1. The van der Waals surface area contributed by atoms with Crippen LogP contribution < -0.4 is 14.4 Å². The number of benzene rings is 2. The van der Waals surface area contributed by atoms with E-state index in [1.807, 2.05) is 6.92 Å². The number of ether oxygens (including phenoxy) is 1. The normalized spacial score (nSPS) is 10.8. The zero-order chi connectivity index (χ0) is 19.2. The standard InChI is InChI=1S/C19H22N2O4S/c1-4-14-21(18-8-6-7-9-19(18)25-5-2)26(23,24)17-12-10-16(11-13-17)20-15(3)22/h4,6-13H,1,5,14H2,2-3H3,(H,20,22). The minimum absolute atomic E-state index is 0.0971. The molecule has 0 aliphatic heterocycles. The Bertz CT molecular complexity index is 877. The quantitative estimate of drug-likeness (QED) is 0.718. The Morgan fingerprint density at radius 3 is 2.42 bits per heavy atom. The van der Waals surface area contributed by atoms with E-state index in [0.717, 1.165) is 0 Å². The fraction of sp³-hybridized carbons (Fsp3) is 0.211. The highest BCUT2D eigenvalue weighted by molar-refractivity contribution is 7.92. The van der Waals surface area contributed by atoms with Gasteiger partial charge >= 0.3 is 0 Å². The zero-order valence-electron chi connectivity index (χ0n) is 14.8. The first-order valence-corrected chi connectivity index (χ1v) is 9.57. The number of nitrogens with one attached hydrogen (secondary N) is 1. The molecular weight excluding hydrogens is 352 g/mol. The van der Waals surface area contributed by atoms with Crippen LogP contribution >= 0.6 is 0 Å². The summed E-state index contributed by atoms with van der Waals surface area (Å²) in [6, 6.07) is 13.0. The van der Waals surface area contributed by atoms with Crippen molar-refractivity contribution in [3.8, 4) is 5.75 Å². The fourth-order valence-electron chi connectivity index (χ4n) is 2.42. The van der Waals surface area contributed by atoms with Crippen molar-refractivity contribution < 1.29 is 17.9 Å². The number of anilines is 2. The van der Waals surface area contributed by atoms with Crippen molar-refractivity contribution in [2.45, 2.75) is 18.7 Å². The molecule has 0 bridgehead atoms. The van der Waals surface area contributed by atoms with Crippen LogP contribution in [0.25, 0.3) is 0 Å². The van der Waals surface area contributed by atoms with Crippen molar-refractivity contribution in [3.05, 3.63) is 61.2 Å². The van der Waals surface area contributed by atoms with Gasteiger partial charge in [-0.1, -0.05) is 18.2 Å². The Hall–Kier alpha value is -2.80. The number of rotatable bonds is 8. The molecule has 1 amide bonds. The Kier molecular flexibility index (Phi) is 6.41. The highest BCUT2D eigenvalue weighted by Gasteiger charge is 2.26. The average molecular weight is 374 g/mol. The van der Waals surface area contributed by atoms with Crippen molar-refractivity contribution >= 4 is 27.3 Å². The van der Waals surface area contributed by atoms with Crippen LogP contribution in [0.15, 0.2) is 66.1 Å². The predicted molar refractivity (Wildman–Crippen MR) is 103 cm³/mol. The van der Waals surface area contributed by atoms with E-state index in [1.165, 1.54) is 29.4 Å². The second kappa shape index (κ2) is 8.53. The molecule has 2 aromatic rings. The topological polar surface area (TPSA) is 75.7 Å². The number of sulfonamides is 1. The summed E-state index contributed by atoms with van der Waals surface area (Å²) in [5, 5.41) is 2.61. The van der Waals surface area contributed by atoms with Crippen LogP contribution in [0.3, 0.4) is 0 Å². The smallest absolute Gasteiger partial charge is 0.264 e. The monoisotopic (exact) mass is 374 g/mol. The summed E-state index contributed by atoms with van der Waals surface area (Å²) >= 11 is 0. The van der Waals surface area contributed by atoms with E-state index in [2.05, 4.69) is 11.9 Å². The van der Waals surface area contributed by atoms with Gasteiger partial charge in [-0.3, -0.25) is 9.10 Å². The maximum absolute atomic E-state index is 13.1. The third kappa shape index (κ3) is 4.43. The molecule has 0 saturated heterocycles. The van der Waals surface area contributed by atoms with Gasteiger partial charge in [-0.05, 0) is 43.3 Å². The molecule has 0 unspecified atom stereocenters. The number of amides is 1. The lowest BCUT2D eigenvalue weighted by atomic mass is 10.3. The van der Waals surface area contributed by atoms with Crippen molar-refractivity contribution in [1.29, 1.82) is 0 Å². The maximum Gasteiger partial charge on any atom is 0.264 e. The minimum Gasteiger partial charge on any atom is -0.492 e. The molecule has 2 rings (SSSR count). The van der Waals surface area contributed by atoms with E-state index in [9.17, 15) is 13.2 Å². The largest absolute Gasteiger partial charge is 0.492 e. The second-order valence-electron chi connectivity index (χ2n) is 5.43. The summed E-state index contributed by atoms with van der Waals surface area (Å²) in [4.78, 5) is 11.2. The molecule has 1 N–H and O–H groups in total. The van der Waals surface area contributed by atoms with Gasteiger partial charge in [-0.15, -0.1) is 6.58 Å². The van der Waals surface area contributed by atoms with Crippen molar-refractivity contribution in [2.75, 3.05) is 22.8 Å². The molecule has 0 aliphatic carbocycles. The highest BCUT2D eigenvalue weighted by Crippen LogP contribution is 2.32. The van der Waals surface area contributed by atoms with Gasteiger partial charge in [0.05, 0.1) is 23.7 Å². The summed E-state index contributed by atoms with van der Waals surface area (Å²) in [5.41, 5.74) is 0.974. The molecule has 0 radical (unpaired) electrons. The van der Waals surface area contributed by atoms with Gasteiger partial charge in [0.25, 0.3) is 10.0 Å². The number of hydrogen-bond acceptors (Lipinski definition) is 4. The Labute approximate surface area is 154 Å². The van der Waals surface area contributed by atoms with Gasteiger partial charge in [-0.2, -0.15) is 0 Å². The lowest BCUT2D eigenvalue weighted by Gasteiger charge is -2.25. The molecule has 0 saturated carbocycles. The first-order valence-electron chi connectivity index (χ1n) is 8.13. The molecule has 0 atom stereocenters. The zero-order valence-corrected chi connectivity index (χ0v) is 15.6. The lowest BCUT2D eigenvalue weighted by Crippen LogP contribution is -2.31. The van der Waals surface area contributed by atoms with E-state index in [0.29, 0.717) is 23.7 Å². The van der Waals surface area contributed by atoms with Crippen LogP contribution in [-0.2, 0) is 14.8 Å².